The molecule has 0 fully saturated rings. The first-order valence-electron chi connectivity index (χ1n) is 5.98. The van der Waals surface area contributed by atoms with Crippen LogP contribution in [0.4, 0.5) is 0 Å². The molecule has 0 N–H and O–H groups in total. The standard InChI is InChI=1S/C13H10N4.Cl2O2S/c1-3-7-11(8-4-1)13-14-16-17(15-13)12-9-5-2-6-10-12;1-5(2,3)4/h1-10H;. The molecule has 1 heterocycles. The van der Waals surface area contributed by atoms with Gasteiger partial charge in [0.1, 0.15) is 0 Å². The Bertz CT molecular complexity index is 762. The van der Waals surface area contributed by atoms with Crippen molar-refractivity contribution in [2.45, 2.75) is 0 Å². The van der Waals surface area contributed by atoms with E-state index in [2.05, 4.69) is 36.8 Å². The fraction of sp³-hybridized carbons (Fsp3) is 0. The molecule has 1 aromatic heterocycles. The average Bonchev–Trinajstić information content (AvgIpc) is 2.97. The van der Waals surface area contributed by atoms with Crippen molar-refractivity contribution < 1.29 is 8.42 Å². The summed E-state index contributed by atoms with van der Waals surface area (Å²) in [4.78, 5) is 1.53. The van der Waals surface area contributed by atoms with Crippen molar-refractivity contribution in [2.24, 2.45) is 0 Å². The molecule has 3 rings (SSSR count). The molecular formula is C13H10Cl2N4O2S. The van der Waals surface area contributed by atoms with Crippen LogP contribution in [-0.4, -0.2) is 28.6 Å². The van der Waals surface area contributed by atoms with E-state index >= 15 is 0 Å². The van der Waals surface area contributed by atoms with Crippen LogP contribution in [0.1, 0.15) is 0 Å². The molecule has 0 radical (unpaired) electrons. The maximum Gasteiger partial charge on any atom is 0.317 e. The minimum atomic E-state index is -3.72. The number of para-hydroxylation sites is 1. The predicted molar refractivity (Wildman–Crippen MR) is 85.2 cm³/mol. The third-order valence-corrected chi connectivity index (χ3v) is 2.43. The monoisotopic (exact) mass is 356 g/mol. The van der Waals surface area contributed by atoms with Crippen LogP contribution in [0.2, 0.25) is 0 Å². The summed E-state index contributed by atoms with van der Waals surface area (Å²) >= 11 is 0. The van der Waals surface area contributed by atoms with E-state index in [1.165, 1.54) is 4.80 Å². The number of nitrogens with zero attached hydrogens (tertiary/aromatic N) is 4. The van der Waals surface area contributed by atoms with Crippen LogP contribution < -0.4 is 0 Å². The molecule has 6 nitrogen and oxygen atoms in total. The Morgan fingerprint density at radius 1 is 0.864 bits per heavy atom. The summed E-state index contributed by atoms with van der Waals surface area (Å²) in [5, 5.41) is 12.4. The molecule has 0 spiro atoms. The number of aromatic nitrogens is 4. The van der Waals surface area contributed by atoms with E-state index in [-0.39, 0.29) is 0 Å². The van der Waals surface area contributed by atoms with Crippen molar-refractivity contribution in [1.82, 2.24) is 20.2 Å². The Hall–Kier alpha value is -1.96. The van der Waals surface area contributed by atoms with Crippen LogP contribution in [0.25, 0.3) is 17.1 Å². The van der Waals surface area contributed by atoms with E-state index in [1.54, 1.807) is 0 Å². The second-order valence-electron chi connectivity index (χ2n) is 3.98. The molecule has 0 bridgehead atoms. The lowest BCUT2D eigenvalue weighted by atomic mass is 10.2. The van der Waals surface area contributed by atoms with Crippen molar-refractivity contribution >= 4 is 29.6 Å². The second kappa shape index (κ2) is 7.35. The fourth-order valence-corrected chi connectivity index (χ4v) is 1.59. The van der Waals surface area contributed by atoms with E-state index in [0.717, 1.165) is 11.3 Å². The number of hydrogen-bond donors (Lipinski definition) is 0. The summed E-state index contributed by atoms with van der Waals surface area (Å²) in [7, 11) is 4.81. The molecule has 22 heavy (non-hydrogen) atoms. The zero-order valence-corrected chi connectivity index (χ0v) is 13.4. The van der Waals surface area contributed by atoms with Gasteiger partial charge >= 0.3 is 8.26 Å². The summed E-state index contributed by atoms with van der Waals surface area (Å²) < 4.78 is 18.3. The molecule has 0 amide bonds. The summed E-state index contributed by atoms with van der Waals surface area (Å²) in [6, 6.07) is 19.5. The second-order valence-corrected chi connectivity index (χ2v) is 7.65. The minimum Gasteiger partial charge on any atom is -0.195 e. The van der Waals surface area contributed by atoms with Gasteiger partial charge in [-0.2, -0.15) is 8.42 Å². The van der Waals surface area contributed by atoms with Crippen LogP contribution in [0.15, 0.2) is 60.7 Å². The Morgan fingerprint density at radius 2 is 1.36 bits per heavy atom. The van der Waals surface area contributed by atoms with Gasteiger partial charge in [0.05, 0.1) is 5.69 Å². The SMILES string of the molecule is O=S(=O)(Cl)Cl.c1ccc(-c2nnn(-c3ccccc3)n2)cc1. The molecule has 0 aliphatic heterocycles. The van der Waals surface area contributed by atoms with Crippen molar-refractivity contribution in [1.29, 1.82) is 0 Å². The van der Waals surface area contributed by atoms with Gasteiger partial charge in [-0.05, 0) is 17.3 Å². The van der Waals surface area contributed by atoms with Crippen LogP contribution in [0.5, 0.6) is 0 Å². The lowest BCUT2D eigenvalue weighted by molar-refractivity contribution is 0.621. The third-order valence-electron chi connectivity index (χ3n) is 2.43. The largest absolute Gasteiger partial charge is 0.317 e. The molecule has 0 saturated heterocycles. The molecule has 0 atom stereocenters. The van der Waals surface area contributed by atoms with Gasteiger partial charge in [-0.25, -0.2) is 0 Å². The zero-order chi connectivity index (χ0) is 16.0. The first-order valence-corrected chi connectivity index (χ1v) is 9.12. The van der Waals surface area contributed by atoms with E-state index in [9.17, 15) is 0 Å². The first-order chi connectivity index (χ1) is 10.4. The van der Waals surface area contributed by atoms with Crippen LogP contribution in [0, 0.1) is 0 Å². The van der Waals surface area contributed by atoms with E-state index in [0.29, 0.717) is 5.82 Å². The molecule has 0 unspecified atom stereocenters. The topological polar surface area (TPSA) is 77.7 Å². The van der Waals surface area contributed by atoms with E-state index < -0.39 is 8.26 Å². The summed E-state index contributed by atoms with van der Waals surface area (Å²) in [5.41, 5.74) is 1.87. The number of tetrazole rings is 1. The summed E-state index contributed by atoms with van der Waals surface area (Å²) in [5.74, 6) is 0.634. The summed E-state index contributed by atoms with van der Waals surface area (Å²) in [6.45, 7) is 0. The molecular weight excluding hydrogens is 347 g/mol. The van der Waals surface area contributed by atoms with Gasteiger partial charge in [-0.3, -0.25) is 0 Å². The third kappa shape index (κ3) is 5.44. The lowest BCUT2D eigenvalue weighted by Crippen LogP contribution is -1.98. The van der Waals surface area contributed by atoms with Gasteiger partial charge in [-0.15, -0.1) is 15.0 Å². The molecule has 0 aliphatic carbocycles. The van der Waals surface area contributed by atoms with E-state index in [1.807, 2.05) is 60.7 Å². The normalized spacial score (nSPS) is 10.6. The number of hydrogen-bond acceptors (Lipinski definition) is 5. The van der Waals surface area contributed by atoms with E-state index in [4.69, 9.17) is 8.42 Å². The average molecular weight is 357 g/mol. The van der Waals surface area contributed by atoms with Crippen molar-refractivity contribution in [3.8, 4) is 17.1 Å². The van der Waals surface area contributed by atoms with Gasteiger partial charge < -0.3 is 0 Å². The van der Waals surface area contributed by atoms with Crippen LogP contribution >= 0.6 is 21.4 Å². The Kier molecular flexibility index (Phi) is 5.48. The maximum absolute atomic E-state index is 9.16. The maximum atomic E-state index is 9.16. The number of benzene rings is 2. The molecule has 2 aromatic carbocycles. The Balaban J connectivity index is 0.000000309. The van der Waals surface area contributed by atoms with Gasteiger partial charge in [0.15, 0.2) is 0 Å². The predicted octanol–water partition coefficient (Wildman–Crippen LogP) is 3.04. The van der Waals surface area contributed by atoms with Gasteiger partial charge in [0, 0.05) is 26.9 Å². The first kappa shape index (κ1) is 16.4. The fourth-order valence-electron chi connectivity index (χ4n) is 1.59. The van der Waals surface area contributed by atoms with Crippen LogP contribution in [-0.2, 0) is 8.26 Å². The van der Waals surface area contributed by atoms with Gasteiger partial charge in [-0.1, -0.05) is 48.5 Å². The summed E-state index contributed by atoms with van der Waals surface area (Å²) in [6.07, 6.45) is 0. The Morgan fingerprint density at radius 3 is 1.91 bits per heavy atom. The molecule has 0 saturated carbocycles. The molecule has 114 valence electrons. The number of halogens is 2. The van der Waals surface area contributed by atoms with Gasteiger partial charge in [0.2, 0.25) is 5.82 Å². The zero-order valence-electron chi connectivity index (χ0n) is 11.0. The Labute approximate surface area is 136 Å². The minimum absolute atomic E-state index is 0.634. The highest BCUT2D eigenvalue weighted by Crippen LogP contribution is 2.13. The highest BCUT2D eigenvalue weighted by atomic mass is 36.0. The molecule has 9 heteroatoms. The highest BCUT2D eigenvalue weighted by Gasteiger charge is 2.05. The van der Waals surface area contributed by atoms with Crippen molar-refractivity contribution in [3.63, 3.8) is 0 Å². The number of rotatable bonds is 2. The molecule has 0 aliphatic rings. The van der Waals surface area contributed by atoms with Crippen LogP contribution in [0.3, 0.4) is 0 Å². The lowest BCUT2D eigenvalue weighted by Gasteiger charge is -1.95. The van der Waals surface area contributed by atoms with Crippen molar-refractivity contribution in [3.05, 3.63) is 60.7 Å². The molecule has 3 aromatic rings. The highest BCUT2D eigenvalue weighted by molar-refractivity contribution is 8.31. The van der Waals surface area contributed by atoms with Crippen molar-refractivity contribution in [2.75, 3.05) is 0 Å². The van der Waals surface area contributed by atoms with Gasteiger partial charge in [0.25, 0.3) is 0 Å². The smallest absolute Gasteiger partial charge is 0.195 e. The quantitative estimate of drug-likeness (QED) is 0.659.